The number of fused-ring (bicyclic) bond motifs is 1. The zero-order chi connectivity index (χ0) is 27.6. The number of nitrogens with one attached hydrogen (secondary N) is 1. The average Bonchev–Trinajstić information content (AvgIpc) is 3.29. The fourth-order valence-corrected chi connectivity index (χ4v) is 6.30. The lowest BCUT2D eigenvalue weighted by Gasteiger charge is -2.30. The number of methoxy groups -OCH3 is 2. The van der Waals surface area contributed by atoms with Crippen molar-refractivity contribution in [2.24, 2.45) is 0 Å². The maximum absolute atomic E-state index is 13.4. The molecule has 1 N–H and O–H groups in total. The van der Waals surface area contributed by atoms with Crippen LogP contribution in [0.4, 0.5) is 5.69 Å². The SMILES string of the molecule is COC(=O)C1=C(C(=O)OC)N(c2ccc(S(=O)(=O)N3CCC(c4nc5ccccc5[nH]4)CC3)cc2)C=CC=C1. The van der Waals surface area contributed by atoms with E-state index in [0.717, 1.165) is 16.9 Å². The molecular weight excluding hydrogens is 520 g/mol. The first kappa shape index (κ1) is 26.4. The molecule has 39 heavy (non-hydrogen) atoms. The van der Waals surface area contributed by atoms with Gasteiger partial charge in [-0.15, -0.1) is 0 Å². The number of benzene rings is 2. The average molecular weight is 549 g/mol. The maximum atomic E-state index is 13.4. The van der Waals surface area contributed by atoms with Crippen LogP contribution in [0.25, 0.3) is 11.0 Å². The first-order valence-electron chi connectivity index (χ1n) is 12.4. The van der Waals surface area contributed by atoms with Gasteiger partial charge in [-0.05, 0) is 61.4 Å². The molecular formula is C28H28N4O6S. The number of imidazole rings is 1. The standard InChI is InChI=1S/C28H28N4O6S/c1-37-27(33)22-7-5-6-16-32(25(22)28(34)38-2)20-10-12-21(13-11-20)39(35,36)31-17-14-19(15-18-31)26-29-23-8-3-4-9-24(23)30-26/h3-13,16,19H,14-15,17-18H2,1-2H3,(H,29,30). The molecule has 11 heteroatoms. The first-order chi connectivity index (χ1) is 18.8. The molecule has 0 radical (unpaired) electrons. The van der Waals surface area contributed by atoms with Gasteiger partial charge in [0.25, 0.3) is 0 Å². The van der Waals surface area contributed by atoms with Crippen molar-refractivity contribution in [2.45, 2.75) is 23.7 Å². The van der Waals surface area contributed by atoms with E-state index >= 15 is 0 Å². The van der Waals surface area contributed by atoms with Crippen LogP contribution in [0.3, 0.4) is 0 Å². The number of sulfonamides is 1. The van der Waals surface area contributed by atoms with Crippen LogP contribution >= 0.6 is 0 Å². The highest BCUT2D eigenvalue weighted by Gasteiger charge is 2.32. The van der Waals surface area contributed by atoms with E-state index in [0.29, 0.717) is 31.6 Å². The molecule has 5 rings (SSSR count). The Morgan fingerprint density at radius 2 is 1.64 bits per heavy atom. The second-order valence-electron chi connectivity index (χ2n) is 9.13. The number of para-hydroxylation sites is 2. The molecule has 0 spiro atoms. The number of anilines is 1. The van der Waals surface area contributed by atoms with Crippen LogP contribution in [-0.2, 0) is 29.1 Å². The number of nitrogens with zero attached hydrogens (tertiary/aromatic N) is 3. The summed E-state index contributed by atoms with van der Waals surface area (Å²) < 4.78 is 38.1. The topological polar surface area (TPSA) is 122 Å². The van der Waals surface area contributed by atoms with Crippen molar-refractivity contribution in [3.05, 3.63) is 90.1 Å². The number of aromatic amines is 1. The number of hydrogen-bond acceptors (Lipinski definition) is 8. The van der Waals surface area contributed by atoms with Crippen LogP contribution < -0.4 is 4.90 Å². The summed E-state index contributed by atoms with van der Waals surface area (Å²) >= 11 is 0. The molecule has 1 fully saturated rings. The summed E-state index contributed by atoms with van der Waals surface area (Å²) in [4.78, 5) is 34.7. The predicted octanol–water partition coefficient (Wildman–Crippen LogP) is 3.62. The number of allylic oxidation sites excluding steroid dienone is 2. The number of piperidine rings is 1. The van der Waals surface area contributed by atoms with Crippen LogP contribution in [0.5, 0.6) is 0 Å². The monoisotopic (exact) mass is 548 g/mol. The molecule has 0 aliphatic carbocycles. The minimum atomic E-state index is -3.73. The van der Waals surface area contributed by atoms with Gasteiger partial charge in [0.1, 0.15) is 11.5 Å². The van der Waals surface area contributed by atoms with Crippen LogP contribution in [0.15, 0.2) is 89.1 Å². The zero-order valence-electron chi connectivity index (χ0n) is 21.5. The number of hydrogen-bond donors (Lipinski definition) is 1. The Labute approximate surface area is 226 Å². The fraction of sp³-hybridized carbons (Fsp3) is 0.250. The van der Waals surface area contributed by atoms with E-state index in [4.69, 9.17) is 9.47 Å². The van der Waals surface area contributed by atoms with E-state index in [1.807, 2.05) is 24.3 Å². The normalized spacial score (nSPS) is 16.9. The van der Waals surface area contributed by atoms with E-state index in [1.165, 1.54) is 41.6 Å². The summed E-state index contributed by atoms with van der Waals surface area (Å²) in [5.74, 6) is -0.401. The molecule has 10 nitrogen and oxygen atoms in total. The van der Waals surface area contributed by atoms with Gasteiger partial charge < -0.3 is 19.4 Å². The molecule has 2 aromatic carbocycles. The first-order valence-corrected chi connectivity index (χ1v) is 13.9. The van der Waals surface area contributed by atoms with Crippen LogP contribution in [0.1, 0.15) is 24.6 Å². The van der Waals surface area contributed by atoms with Crippen molar-refractivity contribution < 1.29 is 27.5 Å². The van der Waals surface area contributed by atoms with Crippen LogP contribution in [0, 0.1) is 0 Å². The summed E-state index contributed by atoms with van der Waals surface area (Å²) in [6, 6.07) is 14.0. The second kappa shape index (κ2) is 10.9. The van der Waals surface area contributed by atoms with Gasteiger partial charge in [0.2, 0.25) is 10.0 Å². The Bertz CT molecular complexity index is 1560. The lowest BCUT2D eigenvalue weighted by atomic mass is 9.97. The van der Waals surface area contributed by atoms with E-state index in [9.17, 15) is 18.0 Å². The van der Waals surface area contributed by atoms with Crippen molar-refractivity contribution in [3.63, 3.8) is 0 Å². The van der Waals surface area contributed by atoms with Gasteiger partial charge in [0.15, 0.2) is 0 Å². The molecule has 2 aliphatic rings. The van der Waals surface area contributed by atoms with Crippen LogP contribution in [-0.4, -0.2) is 61.9 Å². The van der Waals surface area contributed by atoms with E-state index in [-0.39, 0.29) is 22.1 Å². The highest BCUT2D eigenvalue weighted by molar-refractivity contribution is 7.89. The molecule has 0 amide bonds. The van der Waals surface area contributed by atoms with Crippen molar-refractivity contribution in [1.82, 2.24) is 14.3 Å². The molecule has 1 saturated heterocycles. The number of aromatic nitrogens is 2. The largest absolute Gasteiger partial charge is 0.465 e. The summed E-state index contributed by atoms with van der Waals surface area (Å²) in [5.41, 5.74) is 2.32. The number of carbonyl (C=O) groups excluding carboxylic acids is 2. The number of esters is 2. The molecule has 0 saturated carbocycles. The highest BCUT2D eigenvalue weighted by Crippen LogP contribution is 2.32. The fourth-order valence-electron chi connectivity index (χ4n) is 4.83. The van der Waals surface area contributed by atoms with Gasteiger partial charge in [0.05, 0.1) is 35.7 Å². The third-order valence-electron chi connectivity index (χ3n) is 6.89. The Hall–Kier alpha value is -4.22. The van der Waals surface area contributed by atoms with Crippen molar-refractivity contribution >= 4 is 38.7 Å². The summed E-state index contributed by atoms with van der Waals surface area (Å²) in [5, 5.41) is 0. The summed E-state index contributed by atoms with van der Waals surface area (Å²) in [6.07, 6.45) is 7.62. The zero-order valence-corrected chi connectivity index (χ0v) is 22.3. The molecule has 2 aliphatic heterocycles. The minimum Gasteiger partial charge on any atom is -0.465 e. The Balaban J connectivity index is 1.35. The maximum Gasteiger partial charge on any atom is 0.355 e. The van der Waals surface area contributed by atoms with Gasteiger partial charge in [-0.1, -0.05) is 18.2 Å². The molecule has 3 aromatic rings. The lowest BCUT2D eigenvalue weighted by Crippen LogP contribution is -2.38. The van der Waals surface area contributed by atoms with Gasteiger partial charge in [-0.25, -0.2) is 23.0 Å². The Morgan fingerprint density at radius 3 is 2.31 bits per heavy atom. The van der Waals surface area contributed by atoms with Gasteiger partial charge in [0, 0.05) is 30.9 Å². The number of ether oxygens (including phenoxy) is 2. The van der Waals surface area contributed by atoms with Crippen LogP contribution in [0.2, 0.25) is 0 Å². The van der Waals surface area contributed by atoms with E-state index < -0.39 is 22.0 Å². The van der Waals surface area contributed by atoms with Crippen molar-refractivity contribution in [1.29, 1.82) is 0 Å². The Morgan fingerprint density at radius 1 is 0.949 bits per heavy atom. The molecule has 0 bridgehead atoms. The lowest BCUT2D eigenvalue weighted by molar-refractivity contribution is -0.139. The van der Waals surface area contributed by atoms with E-state index in [2.05, 4.69) is 9.97 Å². The summed E-state index contributed by atoms with van der Waals surface area (Å²) in [6.45, 7) is 0.758. The molecule has 0 unspecified atom stereocenters. The number of H-pyrrole nitrogens is 1. The second-order valence-corrected chi connectivity index (χ2v) is 11.1. The van der Waals surface area contributed by atoms with Gasteiger partial charge in [-0.3, -0.25) is 0 Å². The highest BCUT2D eigenvalue weighted by atomic mass is 32.2. The quantitative estimate of drug-likeness (QED) is 0.464. The minimum absolute atomic E-state index is 0.0124. The molecule has 0 atom stereocenters. The van der Waals surface area contributed by atoms with Crippen molar-refractivity contribution in [3.8, 4) is 0 Å². The molecule has 1 aromatic heterocycles. The summed E-state index contributed by atoms with van der Waals surface area (Å²) in [7, 11) is -1.30. The number of rotatable bonds is 6. The van der Waals surface area contributed by atoms with Gasteiger partial charge in [-0.2, -0.15) is 4.31 Å². The predicted molar refractivity (Wildman–Crippen MR) is 145 cm³/mol. The van der Waals surface area contributed by atoms with Gasteiger partial charge >= 0.3 is 11.9 Å². The van der Waals surface area contributed by atoms with E-state index in [1.54, 1.807) is 30.5 Å². The molecule has 3 heterocycles. The van der Waals surface area contributed by atoms with Crippen molar-refractivity contribution in [2.75, 3.05) is 32.2 Å². The Kier molecular flexibility index (Phi) is 7.36. The smallest absolute Gasteiger partial charge is 0.355 e. The number of carbonyl (C=O) groups is 2. The third-order valence-corrected chi connectivity index (χ3v) is 8.80. The molecule has 202 valence electrons. The third kappa shape index (κ3) is 5.10.